The molecule has 0 aromatic rings. The number of rotatable bonds is 8. The van der Waals surface area contributed by atoms with Gasteiger partial charge in [0, 0.05) is 0 Å². The minimum absolute atomic E-state index is 0.705. The molecule has 4 heteroatoms. The molecule has 0 radical (unpaired) electrons. The van der Waals surface area contributed by atoms with Gasteiger partial charge in [0.2, 0.25) is 0 Å². The van der Waals surface area contributed by atoms with Crippen molar-refractivity contribution in [2.45, 2.75) is 51.0 Å². The molecular formula is C13H25NO2S. The predicted molar refractivity (Wildman–Crippen MR) is 73.6 cm³/mol. The number of likely N-dealkylation sites (N-methyl/N-ethyl adjacent to an activating group) is 1. The topological polar surface area (TPSA) is 49.3 Å². The second-order valence-corrected chi connectivity index (χ2v) is 6.37. The Labute approximate surface area is 109 Å². The molecule has 0 heterocycles. The van der Waals surface area contributed by atoms with E-state index in [1.807, 2.05) is 11.8 Å². The molecule has 0 aromatic carbocycles. The van der Waals surface area contributed by atoms with E-state index in [1.54, 1.807) is 14.0 Å². The van der Waals surface area contributed by atoms with E-state index in [0.29, 0.717) is 6.42 Å². The van der Waals surface area contributed by atoms with Crippen LogP contribution in [0.25, 0.3) is 0 Å². The Morgan fingerprint density at radius 2 is 2.12 bits per heavy atom. The van der Waals surface area contributed by atoms with Gasteiger partial charge in [-0.05, 0) is 57.1 Å². The standard InChI is InChI=1S/C13H25NO2S/c1-13(14-2,12(15)16)8-5-9-17-10-11-6-3-4-7-11/h11,14H,3-10H2,1-2H3,(H,15,16). The minimum Gasteiger partial charge on any atom is -0.480 e. The molecule has 3 nitrogen and oxygen atoms in total. The van der Waals surface area contributed by atoms with Gasteiger partial charge in [-0.15, -0.1) is 0 Å². The van der Waals surface area contributed by atoms with Gasteiger partial charge in [0.1, 0.15) is 5.54 Å². The Morgan fingerprint density at radius 3 is 2.65 bits per heavy atom. The van der Waals surface area contributed by atoms with E-state index in [2.05, 4.69) is 5.32 Å². The molecule has 1 rings (SSSR count). The summed E-state index contributed by atoms with van der Waals surface area (Å²) in [5, 5.41) is 12.0. The molecule has 1 fully saturated rings. The van der Waals surface area contributed by atoms with E-state index >= 15 is 0 Å². The van der Waals surface area contributed by atoms with Gasteiger partial charge in [0.25, 0.3) is 0 Å². The van der Waals surface area contributed by atoms with E-state index in [9.17, 15) is 4.79 Å². The van der Waals surface area contributed by atoms with Crippen LogP contribution in [-0.4, -0.2) is 35.2 Å². The highest BCUT2D eigenvalue weighted by Crippen LogP contribution is 2.28. The van der Waals surface area contributed by atoms with Gasteiger partial charge in [0.15, 0.2) is 0 Å². The number of carboxylic acids is 1. The van der Waals surface area contributed by atoms with Crippen molar-refractivity contribution in [2.75, 3.05) is 18.6 Å². The quantitative estimate of drug-likeness (QED) is 0.658. The molecule has 17 heavy (non-hydrogen) atoms. The highest BCUT2D eigenvalue weighted by Gasteiger charge is 2.30. The van der Waals surface area contributed by atoms with Gasteiger partial charge in [0.05, 0.1) is 0 Å². The molecule has 100 valence electrons. The first-order valence-electron chi connectivity index (χ1n) is 6.58. The van der Waals surface area contributed by atoms with Crippen LogP contribution in [-0.2, 0) is 4.79 Å². The fourth-order valence-corrected chi connectivity index (χ4v) is 3.48. The molecule has 2 N–H and O–H groups in total. The summed E-state index contributed by atoms with van der Waals surface area (Å²) in [6.07, 6.45) is 7.29. The number of carbonyl (C=O) groups is 1. The fourth-order valence-electron chi connectivity index (χ4n) is 2.29. The Balaban J connectivity index is 2.08. The second-order valence-electron chi connectivity index (χ2n) is 5.22. The zero-order valence-electron chi connectivity index (χ0n) is 11.0. The third kappa shape index (κ3) is 4.88. The van der Waals surface area contributed by atoms with Gasteiger partial charge < -0.3 is 10.4 Å². The summed E-state index contributed by atoms with van der Waals surface area (Å²) in [5.41, 5.74) is -0.756. The van der Waals surface area contributed by atoms with E-state index < -0.39 is 11.5 Å². The Bertz CT molecular complexity index is 242. The number of nitrogens with one attached hydrogen (secondary N) is 1. The van der Waals surface area contributed by atoms with Crippen molar-refractivity contribution in [3.63, 3.8) is 0 Å². The largest absolute Gasteiger partial charge is 0.480 e. The number of hydrogen-bond acceptors (Lipinski definition) is 3. The molecular weight excluding hydrogens is 234 g/mol. The summed E-state index contributed by atoms with van der Waals surface area (Å²) in [7, 11) is 1.72. The lowest BCUT2D eigenvalue weighted by atomic mass is 9.97. The molecule has 1 atom stereocenters. The lowest BCUT2D eigenvalue weighted by molar-refractivity contribution is -0.144. The van der Waals surface area contributed by atoms with Crippen molar-refractivity contribution < 1.29 is 9.90 Å². The van der Waals surface area contributed by atoms with Crippen LogP contribution >= 0.6 is 11.8 Å². The van der Waals surface area contributed by atoms with Crippen LogP contribution in [0.2, 0.25) is 0 Å². The van der Waals surface area contributed by atoms with Gasteiger partial charge in [-0.1, -0.05) is 12.8 Å². The Morgan fingerprint density at radius 1 is 1.47 bits per heavy atom. The fraction of sp³-hybridized carbons (Fsp3) is 0.923. The Hall–Kier alpha value is -0.220. The van der Waals surface area contributed by atoms with E-state index in [4.69, 9.17) is 5.11 Å². The van der Waals surface area contributed by atoms with E-state index in [1.165, 1.54) is 31.4 Å². The van der Waals surface area contributed by atoms with Crippen molar-refractivity contribution >= 4 is 17.7 Å². The van der Waals surface area contributed by atoms with Crippen molar-refractivity contribution in [3.05, 3.63) is 0 Å². The van der Waals surface area contributed by atoms with Crippen LogP contribution in [0.4, 0.5) is 0 Å². The summed E-state index contributed by atoms with van der Waals surface area (Å²) >= 11 is 1.99. The summed E-state index contributed by atoms with van der Waals surface area (Å²) in [4.78, 5) is 11.1. The highest BCUT2D eigenvalue weighted by molar-refractivity contribution is 7.99. The van der Waals surface area contributed by atoms with Crippen LogP contribution in [0.15, 0.2) is 0 Å². The van der Waals surface area contributed by atoms with Gasteiger partial charge >= 0.3 is 5.97 Å². The van der Waals surface area contributed by atoms with Gasteiger partial charge in [-0.2, -0.15) is 11.8 Å². The van der Waals surface area contributed by atoms with Crippen LogP contribution in [0, 0.1) is 5.92 Å². The SMILES string of the molecule is CNC(C)(CCCSCC1CCCC1)C(=O)O. The first kappa shape index (κ1) is 14.8. The smallest absolute Gasteiger partial charge is 0.323 e. The average molecular weight is 259 g/mol. The molecule has 0 aromatic heterocycles. The molecule has 0 spiro atoms. The Kier molecular flexibility index (Phi) is 6.34. The summed E-state index contributed by atoms with van der Waals surface area (Å²) in [6, 6.07) is 0. The summed E-state index contributed by atoms with van der Waals surface area (Å²) in [5.74, 6) is 2.53. The van der Waals surface area contributed by atoms with Gasteiger partial charge in [-0.25, -0.2) is 0 Å². The van der Waals surface area contributed by atoms with Crippen LogP contribution in [0.5, 0.6) is 0 Å². The maximum Gasteiger partial charge on any atom is 0.323 e. The summed E-state index contributed by atoms with van der Waals surface area (Å²) < 4.78 is 0. The second kappa shape index (κ2) is 7.27. The van der Waals surface area contributed by atoms with E-state index in [-0.39, 0.29) is 0 Å². The molecule has 1 saturated carbocycles. The molecule has 1 unspecified atom stereocenters. The average Bonchev–Trinajstić information content (AvgIpc) is 2.81. The summed E-state index contributed by atoms with van der Waals surface area (Å²) in [6.45, 7) is 1.76. The minimum atomic E-state index is -0.756. The highest BCUT2D eigenvalue weighted by atomic mass is 32.2. The number of carboxylic acid groups (broad SMARTS) is 1. The first-order valence-corrected chi connectivity index (χ1v) is 7.74. The molecule has 1 aliphatic rings. The number of aliphatic carboxylic acids is 1. The van der Waals surface area contributed by atoms with Crippen LogP contribution in [0.1, 0.15) is 45.4 Å². The zero-order valence-corrected chi connectivity index (χ0v) is 11.8. The number of hydrogen-bond donors (Lipinski definition) is 2. The lowest BCUT2D eigenvalue weighted by Gasteiger charge is -2.23. The van der Waals surface area contributed by atoms with Crippen molar-refractivity contribution in [1.82, 2.24) is 5.32 Å². The molecule has 1 aliphatic carbocycles. The zero-order chi connectivity index (χ0) is 12.7. The molecule has 0 saturated heterocycles. The maximum atomic E-state index is 11.1. The third-order valence-electron chi connectivity index (χ3n) is 3.82. The molecule has 0 bridgehead atoms. The normalized spacial score (nSPS) is 20.4. The number of thioether (sulfide) groups is 1. The van der Waals surface area contributed by atoms with Crippen LogP contribution < -0.4 is 5.32 Å². The van der Waals surface area contributed by atoms with Crippen molar-refractivity contribution in [1.29, 1.82) is 0 Å². The monoisotopic (exact) mass is 259 g/mol. The maximum absolute atomic E-state index is 11.1. The van der Waals surface area contributed by atoms with Gasteiger partial charge in [-0.3, -0.25) is 4.79 Å². The molecule has 0 aliphatic heterocycles. The van der Waals surface area contributed by atoms with Crippen molar-refractivity contribution in [2.24, 2.45) is 5.92 Å². The van der Waals surface area contributed by atoms with E-state index in [0.717, 1.165) is 18.1 Å². The lowest BCUT2D eigenvalue weighted by Crippen LogP contribution is -2.47. The third-order valence-corrected chi connectivity index (χ3v) is 5.10. The van der Waals surface area contributed by atoms with Crippen molar-refractivity contribution in [3.8, 4) is 0 Å². The predicted octanol–water partition coefficient (Wildman–Crippen LogP) is 2.75. The first-order chi connectivity index (χ1) is 8.08. The molecule has 0 amide bonds. The van der Waals surface area contributed by atoms with Crippen LogP contribution in [0.3, 0.4) is 0 Å².